The molecule has 24 heavy (non-hydrogen) atoms. The first-order valence-corrected chi connectivity index (χ1v) is 11.2. The van der Waals surface area contributed by atoms with Crippen molar-refractivity contribution in [1.29, 1.82) is 0 Å². The van der Waals surface area contributed by atoms with Crippen LogP contribution in [-0.2, 0) is 0 Å². The van der Waals surface area contributed by atoms with Gasteiger partial charge in [-0.1, -0.05) is 96.8 Å². The molecule has 0 aliphatic rings. The van der Waals surface area contributed by atoms with Gasteiger partial charge in [0.15, 0.2) is 0 Å². The molecule has 0 rings (SSSR count). The molecule has 0 spiro atoms. The minimum Gasteiger partial charge on any atom is -0.396 e. The third-order valence-corrected chi connectivity index (χ3v) is 4.97. The van der Waals surface area contributed by atoms with Crippen molar-refractivity contribution in [3.63, 3.8) is 0 Å². The lowest BCUT2D eigenvalue weighted by molar-refractivity contribution is 0.283. The van der Waals surface area contributed by atoms with Crippen LogP contribution in [0.5, 0.6) is 0 Å². The van der Waals surface area contributed by atoms with E-state index in [9.17, 15) is 0 Å². The van der Waals surface area contributed by atoms with Crippen LogP contribution in [0.25, 0.3) is 0 Å². The maximum atomic E-state index is 8.70. The maximum absolute atomic E-state index is 8.70. The topological polar surface area (TPSA) is 32.3 Å². The highest BCUT2D eigenvalue weighted by Crippen LogP contribution is 2.13. The van der Waals surface area contributed by atoms with Crippen LogP contribution in [0.1, 0.15) is 122 Å². The molecule has 0 aliphatic carbocycles. The molecule has 0 bridgehead atoms. The summed E-state index contributed by atoms with van der Waals surface area (Å²) in [5.74, 6) is 0. The third-order valence-electron chi connectivity index (χ3n) is 4.97. The first-order chi connectivity index (χ1) is 11.9. The molecular formula is C22H47NO. The van der Waals surface area contributed by atoms with Gasteiger partial charge < -0.3 is 10.4 Å². The third kappa shape index (κ3) is 21.9. The zero-order valence-electron chi connectivity index (χ0n) is 16.8. The Balaban J connectivity index is 2.93. The Hall–Kier alpha value is -0.0800. The molecule has 146 valence electrons. The molecule has 2 heteroatoms. The second-order valence-electron chi connectivity index (χ2n) is 7.48. The largest absolute Gasteiger partial charge is 0.396 e. The Morgan fingerprint density at radius 1 is 0.458 bits per heavy atom. The quantitative estimate of drug-likeness (QED) is 0.230. The summed E-state index contributed by atoms with van der Waals surface area (Å²) < 4.78 is 0. The predicted molar refractivity (Wildman–Crippen MR) is 109 cm³/mol. The van der Waals surface area contributed by atoms with Crippen molar-refractivity contribution in [3.8, 4) is 0 Å². The fourth-order valence-electron chi connectivity index (χ4n) is 3.28. The van der Waals surface area contributed by atoms with E-state index in [1.807, 2.05) is 0 Å². The van der Waals surface area contributed by atoms with E-state index >= 15 is 0 Å². The van der Waals surface area contributed by atoms with Crippen LogP contribution in [0.3, 0.4) is 0 Å². The number of aliphatic hydroxyl groups is 1. The average molecular weight is 342 g/mol. The van der Waals surface area contributed by atoms with Crippen LogP contribution in [-0.4, -0.2) is 24.8 Å². The normalized spacial score (nSPS) is 11.2. The minimum absolute atomic E-state index is 0.346. The fourth-order valence-corrected chi connectivity index (χ4v) is 3.28. The Kier molecular flexibility index (Phi) is 22.8. The molecule has 0 amide bonds. The van der Waals surface area contributed by atoms with Gasteiger partial charge in [-0.3, -0.25) is 0 Å². The number of hydrogen-bond donors (Lipinski definition) is 2. The van der Waals surface area contributed by atoms with Gasteiger partial charge in [0.25, 0.3) is 0 Å². The van der Waals surface area contributed by atoms with E-state index in [1.165, 1.54) is 109 Å². The highest BCUT2D eigenvalue weighted by Gasteiger charge is 1.94. The van der Waals surface area contributed by atoms with Gasteiger partial charge in [-0.25, -0.2) is 0 Å². The summed E-state index contributed by atoms with van der Waals surface area (Å²) in [6, 6.07) is 0. The number of unbranched alkanes of at least 4 members (excludes halogenated alkanes) is 16. The molecule has 0 radical (unpaired) electrons. The molecule has 0 heterocycles. The van der Waals surface area contributed by atoms with Crippen LogP contribution in [0.2, 0.25) is 0 Å². The van der Waals surface area contributed by atoms with Crippen LogP contribution < -0.4 is 5.32 Å². The molecule has 0 aromatic rings. The zero-order chi connectivity index (χ0) is 17.6. The van der Waals surface area contributed by atoms with E-state index in [4.69, 9.17) is 5.11 Å². The molecule has 0 aliphatic heterocycles. The van der Waals surface area contributed by atoms with E-state index in [-0.39, 0.29) is 0 Å². The Labute approximate surface area is 153 Å². The van der Waals surface area contributed by atoms with E-state index < -0.39 is 0 Å². The van der Waals surface area contributed by atoms with E-state index in [0.29, 0.717) is 6.61 Å². The summed E-state index contributed by atoms with van der Waals surface area (Å²) in [6.07, 6.45) is 24.9. The van der Waals surface area contributed by atoms with Gasteiger partial charge in [0.05, 0.1) is 0 Å². The lowest BCUT2D eigenvalue weighted by Crippen LogP contribution is -2.16. The minimum atomic E-state index is 0.346. The van der Waals surface area contributed by atoms with Gasteiger partial charge >= 0.3 is 0 Å². The van der Waals surface area contributed by atoms with Crippen LogP contribution in [0.4, 0.5) is 0 Å². The van der Waals surface area contributed by atoms with E-state index in [0.717, 1.165) is 19.4 Å². The summed E-state index contributed by atoms with van der Waals surface area (Å²) >= 11 is 0. The summed E-state index contributed by atoms with van der Waals surface area (Å²) in [5, 5.41) is 12.2. The van der Waals surface area contributed by atoms with Crippen molar-refractivity contribution in [1.82, 2.24) is 5.32 Å². The lowest BCUT2D eigenvalue weighted by Gasteiger charge is -2.05. The SMILES string of the molecule is CCCCCCCCCCCCCCCCCNCCCCCO. The molecular weight excluding hydrogens is 294 g/mol. The van der Waals surface area contributed by atoms with Gasteiger partial charge in [-0.05, 0) is 38.8 Å². The first-order valence-electron chi connectivity index (χ1n) is 11.2. The molecule has 2 N–H and O–H groups in total. The predicted octanol–water partition coefficient (Wildman–Crippen LogP) is 6.61. The van der Waals surface area contributed by atoms with Gasteiger partial charge in [-0.15, -0.1) is 0 Å². The van der Waals surface area contributed by atoms with Gasteiger partial charge in [0, 0.05) is 6.61 Å². The van der Waals surface area contributed by atoms with Crippen LogP contribution in [0.15, 0.2) is 0 Å². The molecule has 0 atom stereocenters. The molecule has 0 saturated carbocycles. The van der Waals surface area contributed by atoms with Crippen molar-refractivity contribution in [3.05, 3.63) is 0 Å². The number of aliphatic hydroxyl groups excluding tert-OH is 1. The van der Waals surface area contributed by atoms with Gasteiger partial charge in [-0.2, -0.15) is 0 Å². The Morgan fingerprint density at radius 2 is 0.792 bits per heavy atom. The van der Waals surface area contributed by atoms with Gasteiger partial charge in [0.1, 0.15) is 0 Å². The average Bonchev–Trinajstić information content (AvgIpc) is 2.60. The second-order valence-corrected chi connectivity index (χ2v) is 7.48. The van der Waals surface area contributed by atoms with Crippen molar-refractivity contribution in [2.45, 2.75) is 122 Å². The summed E-state index contributed by atoms with van der Waals surface area (Å²) in [7, 11) is 0. The van der Waals surface area contributed by atoms with Crippen molar-refractivity contribution >= 4 is 0 Å². The molecule has 0 aromatic carbocycles. The van der Waals surface area contributed by atoms with Crippen molar-refractivity contribution in [2.75, 3.05) is 19.7 Å². The van der Waals surface area contributed by atoms with Crippen LogP contribution >= 0.6 is 0 Å². The number of nitrogens with one attached hydrogen (secondary N) is 1. The molecule has 0 aromatic heterocycles. The Morgan fingerprint density at radius 3 is 1.17 bits per heavy atom. The monoisotopic (exact) mass is 341 g/mol. The first kappa shape index (κ1) is 23.9. The summed E-state index contributed by atoms with van der Waals surface area (Å²) in [6.45, 7) is 4.94. The van der Waals surface area contributed by atoms with Crippen molar-refractivity contribution < 1.29 is 5.11 Å². The maximum Gasteiger partial charge on any atom is 0.0431 e. The Bertz CT molecular complexity index is 186. The molecule has 0 unspecified atom stereocenters. The van der Waals surface area contributed by atoms with Crippen LogP contribution in [0, 0.1) is 0 Å². The molecule has 0 saturated heterocycles. The number of rotatable bonds is 21. The van der Waals surface area contributed by atoms with E-state index in [1.54, 1.807) is 0 Å². The summed E-state index contributed by atoms with van der Waals surface area (Å²) in [4.78, 5) is 0. The highest BCUT2D eigenvalue weighted by molar-refractivity contribution is 4.52. The summed E-state index contributed by atoms with van der Waals surface area (Å²) in [5.41, 5.74) is 0. The standard InChI is InChI=1S/C22H47NO/c1-2-3-4-5-6-7-8-9-10-11-12-13-14-15-17-20-23-21-18-16-19-22-24/h23-24H,2-22H2,1H3. The second kappa shape index (κ2) is 22.9. The lowest BCUT2D eigenvalue weighted by atomic mass is 10.0. The highest BCUT2D eigenvalue weighted by atomic mass is 16.2. The van der Waals surface area contributed by atoms with Crippen molar-refractivity contribution in [2.24, 2.45) is 0 Å². The van der Waals surface area contributed by atoms with Gasteiger partial charge in [0.2, 0.25) is 0 Å². The zero-order valence-corrected chi connectivity index (χ0v) is 16.8. The molecule has 0 fully saturated rings. The molecule has 2 nitrogen and oxygen atoms in total. The smallest absolute Gasteiger partial charge is 0.0431 e. The fraction of sp³-hybridized carbons (Fsp3) is 1.00. The van der Waals surface area contributed by atoms with E-state index in [2.05, 4.69) is 12.2 Å². The number of hydrogen-bond acceptors (Lipinski definition) is 2.